The molecule has 0 saturated carbocycles. The molecule has 0 aliphatic rings. The van der Waals surface area contributed by atoms with E-state index in [-0.39, 0.29) is 11.8 Å². The van der Waals surface area contributed by atoms with Crippen molar-refractivity contribution in [2.75, 3.05) is 35.3 Å². The molecule has 1 atom stereocenters. The molecule has 108 valence electrons. The minimum absolute atomic E-state index is 0.116. The van der Waals surface area contributed by atoms with Crippen LogP contribution in [0.15, 0.2) is 18.3 Å². The zero-order valence-electron chi connectivity index (χ0n) is 12.0. The van der Waals surface area contributed by atoms with Crippen LogP contribution in [0.1, 0.15) is 20.8 Å². The third kappa shape index (κ3) is 5.46. The van der Waals surface area contributed by atoms with Crippen molar-refractivity contribution in [3.63, 3.8) is 0 Å². The predicted octanol–water partition coefficient (Wildman–Crippen LogP) is 1.77. The van der Waals surface area contributed by atoms with Gasteiger partial charge < -0.3 is 10.2 Å². The van der Waals surface area contributed by atoms with Gasteiger partial charge >= 0.3 is 0 Å². The average Bonchev–Trinajstić information content (AvgIpc) is 2.30. The van der Waals surface area contributed by atoms with Crippen molar-refractivity contribution in [1.82, 2.24) is 4.98 Å². The number of sulfone groups is 1. The Balaban J connectivity index is 2.66. The van der Waals surface area contributed by atoms with Gasteiger partial charge in [-0.25, -0.2) is 13.4 Å². The van der Waals surface area contributed by atoms with Crippen molar-refractivity contribution in [3.8, 4) is 0 Å². The molecule has 1 aromatic rings. The maximum absolute atomic E-state index is 11.2. The highest BCUT2D eigenvalue weighted by Gasteiger charge is 2.10. The zero-order chi connectivity index (χ0) is 14.5. The summed E-state index contributed by atoms with van der Waals surface area (Å²) in [5.74, 6) is 1.05. The summed E-state index contributed by atoms with van der Waals surface area (Å²) in [5, 5.41) is 3.14. The number of pyridine rings is 1. The molecule has 1 N–H and O–H groups in total. The Morgan fingerprint density at radius 2 is 1.95 bits per heavy atom. The van der Waals surface area contributed by atoms with Gasteiger partial charge in [0.05, 0.1) is 17.6 Å². The fraction of sp³-hybridized carbons (Fsp3) is 0.615. The van der Waals surface area contributed by atoms with E-state index in [4.69, 9.17) is 0 Å². The van der Waals surface area contributed by atoms with E-state index in [1.807, 2.05) is 19.1 Å². The maximum atomic E-state index is 11.2. The Hall–Kier alpha value is -1.30. The van der Waals surface area contributed by atoms with E-state index < -0.39 is 9.84 Å². The summed E-state index contributed by atoms with van der Waals surface area (Å²) in [6.07, 6.45) is 2.99. The third-order valence-electron chi connectivity index (χ3n) is 2.80. The quantitative estimate of drug-likeness (QED) is 0.827. The molecule has 0 aliphatic carbocycles. The topological polar surface area (TPSA) is 62.3 Å². The Labute approximate surface area is 116 Å². The number of rotatable bonds is 7. The molecule has 0 fully saturated rings. The molecular weight excluding hydrogens is 262 g/mol. The van der Waals surface area contributed by atoms with Crippen LogP contribution < -0.4 is 10.2 Å². The average molecular weight is 285 g/mol. The van der Waals surface area contributed by atoms with Crippen LogP contribution in [0.5, 0.6) is 0 Å². The lowest BCUT2D eigenvalue weighted by molar-refractivity contribution is 0.598. The van der Waals surface area contributed by atoms with Crippen LogP contribution in [0.3, 0.4) is 0 Å². The number of aromatic nitrogens is 1. The standard InChI is InChI=1S/C13H23N3O2S/c1-5-16(6-2)13-8-7-12(9-14-13)15-11(3)10-19(4,17)18/h7-9,11,15H,5-6,10H2,1-4H3. The minimum atomic E-state index is -2.96. The largest absolute Gasteiger partial charge is 0.380 e. The first-order valence-electron chi connectivity index (χ1n) is 6.51. The smallest absolute Gasteiger partial charge is 0.149 e. The van der Waals surface area contributed by atoms with E-state index in [1.54, 1.807) is 6.20 Å². The first-order valence-corrected chi connectivity index (χ1v) is 8.57. The van der Waals surface area contributed by atoms with Crippen LogP contribution >= 0.6 is 0 Å². The first-order chi connectivity index (χ1) is 8.85. The Morgan fingerprint density at radius 3 is 2.37 bits per heavy atom. The molecule has 0 amide bonds. The normalized spacial score (nSPS) is 13.1. The van der Waals surface area contributed by atoms with Gasteiger partial charge in [0.2, 0.25) is 0 Å². The minimum Gasteiger partial charge on any atom is -0.380 e. The molecule has 0 radical (unpaired) electrons. The van der Waals surface area contributed by atoms with Crippen LogP contribution in [-0.4, -0.2) is 44.5 Å². The summed E-state index contributed by atoms with van der Waals surface area (Å²) in [6.45, 7) is 7.86. The number of nitrogens with zero attached hydrogens (tertiary/aromatic N) is 2. The van der Waals surface area contributed by atoms with Crippen molar-refractivity contribution >= 4 is 21.3 Å². The number of hydrogen-bond donors (Lipinski definition) is 1. The van der Waals surface area contributed by atoms with Gasteiger partial charge in [0, 0.05) is 25.4 Å². The van der Waals surface area contributed by atoms with Crippen molar-refractivity contribution in [1.29, 1.82) is 0 Å². The van der Waals surface area contributed by atoms with Crippen molar-refractivity contribution < 1.29 is 8.42 Å². The lowest BCUT2D eigenvalue weighted by Gasteiger charge is -2.20. The van der Waals surface area contributed by atoms with E-state index in [1.165, 1.54) is 6.26 Å². The molecule has 1 heterocycles. The SMILES string of the molecule is CCN(CC)c1ccc(NC(C)CS(C)(=O)=O)cn1. The second-order valence-electron chi connectivity index (χ2n) is 4.72. The summed E-state index contributed by atoms with van der Waals surface area (Å²) < 4.78 is 22.4. The van der Waals surface area contributed by atoms with Gasteiger partial charge in [0.25, 0.3) is 0 Å². The van der Waals surface area contributed by atoms with Crippen molar-refractivity contribution in [2.24, 2.45) is 0 Å². The summed E-state index contributed by atoms with van der Waals surface area (Å²) in [7, 11) is -2.96. The highest BCUT2D eigenvalue weighted by Crippen LogP contribution is 2.14. The van der Waals surface area contributed by atoms with Gasteiger partial charge in [-0.3, -0.25) is 0 Å². The van der Waals surface area contributed by atoms with Gasteiger partial charge in [0.1, 0.15) is 15.7 Å². The monoisotopic (exact) mass is 285 g/mol. The van der Waals surface area contributed by atoms with Crippen molar-refractivity contribution in [3.05, 3.63) is 18.3 Å². The fourth-order valence-electron chi connectivity index (χ4n) is 1.99. The molecule has 5 nitrogen and oxygen atoms in total. The second-order valence-corrected chi connectivity index (χ2v) is 6.90. The molecule has 0 aromatic carbocycles. The summed E-state index contributed by atoms with van der Waals surface area (Å²) in [5.41, 5.74) is 0.840. The lowest BCUT2D eigenvalue weighted by Crippen LogP contribution is -2.25. The molecule has 0 aliphatic heterocycles. The number of nitrogens with one attached hydrogen (secondary N) is 1. The lowest BCUT2D eigenvalue weighted by atomic mass is 10.3. The molecule has 0 bridgehead atoms. The predicted molar refractivity (Wildman–Crippen MR) is 80.6 cm³/mol. The molecular formula is C13H23N3O2S. The molecule has 19 heavy (non-hydrogen) atoms. The summed E-state index contributed by atoms with van der Waals surface area (Å²) in [4.78, 5) is 6.54. The fourth-order valence-corrected chi connectivity index (χ4v) is 2.98. The maximum Gasteiger partial charge on any atom is 0.149 e. The second kappa shape index (κ2) is 6.75. The molecule has 1 unspecified atom stereocenters. The highest BCUT2D eigenvalue weighted by atomic mass is 32.2. The molecule has 0 saturated heterocycles. The highest BCUT2D eigenvalue weighted by molar-refractivity contribution is 7.90. The Bertz CT molecular complexity index is 481. The van der Waals surface area contributed by atoms with E-state index in [0.29, 0.717) is 0 Å². The van der Waals surface area contributed by atoms with Crippen LogP contribution in [0, 0.1) is 0 Å². The van der Waals surface area contributed by atoms with Crippen LogP contribution in [0.2, 0.25) is 0 Å². The van der Waals surface area contributed by atoms with Gasteiger partial charge in [-0.1, -0.05) is 0 Å². The first kappa shape index (κ1) is 15.8. The molecule has 1 aromatic heterocycles. The molecule has 0 spiro atoms. The number of hydrogen-bond acceptors (Lipinski definition) is 5. The van der Waals surface area contributed by atoms with Gasteiger partial charge in [0.15, 0.2) is 0 Å². The van der Waals surface area contributed by atoms with E-state index in [0.717, 1.165) is 24.6 Å². The summed E-state index contributed by atoms with van der Waals surface area (Å²) >= 11 is 0. The third-order valence-corrected chi connectivity index (χ3v) is 3.91. The Kier molecular flexibility index (Phi) is 5.60. The number of anilines is 2. The Morgan fingerprint density at radius 1 is 1.32 bits per heavy atom. The van der Waals surface area contributed by atoms with Crippen LogP contribution in [0.4, 0.5) is 11.5 Å². The van der Waals surface area contributed by atoms with Gasteiger partial charge in [-0.05, 0) is 32.9 Å². The van der Waals surface area contributed by atoms with Gasteiger partial charge in [-0.2, -0.15) is 0 Å². The van der Waals surface area contributed by atoms with E-state index >= 15 is 0 Å². The van der Waals surface area contributed by atoms with Gasteiger partial charge in [-0.15, -0.1) is 0 Å². The zero-order valence-corrected chi connectivity index (χ0v) is 12.9. The summed E-state index contributed by atoms with van der Waals surface area (Å²) in [6, 6.07) is 3.75. The molecule has 6 heteroatoms. The van der Waals surface area contributed by atoms with E-state index in [2.05, 4.69) is 29.0 Å². The van der Waals surface area contributed by atoms with Crippen LogP contribution in [0.25, 0.3) is 0 Å². The van der Waals surface area contributed by atoms with Crippen molar-refractivity contribution in [2.45, 2.75) is 26.8 Å². The van der Waals surface area contributed by atoms with Crippen LogP contribution in [-0.2, 0) is 9.84 Å². The van der Waals surface area contributed by atoms with E-state index in [9.17, 15) is 8.42 Å². The molecule has 1 rings (SSSR count).